The number of nitrogens with zero attached hydrogens (tertiary/aromatic N) is 3. The lowest BCUT2D eigenvalue weighted by molar-refractivity contribution is -0.121. The Morgan fingerprint density at radius 2 is 1.31 bits per heavy atom. The number of benzene rings is 4. The minimum absolute atomic E-state index is 0.0579. The zero-order valence-corrected chi connectivity index (χ0v) is 30.0. The Kier molecular flexibility index (Phi) is 12.2. The van der Waals surface area contributed by atoms with Crippen molar-refractivity contribution in [3.8, 4) is 0 Å². The van der Waals surface area contributed by atoms with Crippen LogP contribution >= 0.6 is 27.5 Å². The second-order valence-corrected chi connectivity index (χ2v) is 16.1. The van der Waals surface area contributed by atoms with Crippen molar-refractivity contribution in [1.82, 2.24) is 14.0 Å². The number of hydrogen-bond acceptors (Lipinski definition) is 7. The van der Waals surface area contributed by atoms with Gasteiger partial charge < -0.3 is 4.42 Å². The third-order valence-corrected chi connectivity index (χ3v) is 11.8. The summed E-state index contributed by atoms with van der Waals surface area (Å²) >= 11 is 9.30. The van der Waals surface area contributed by atoms with Gasteiger partial charge in [0.15, 0.2) is 0 Å². The molecule has 10 nitrogen and oxygen atoms in total. The van der Waals surface area contributed by atoms with Crippen molar-refractivity contribution < 1.29 is 26.0 Å². The van der Waals surface area contributed by atoms with Gasteiger partial charge in [-0.25, -0.2) is 22.3 Å². The lowest BCUT2D eigenvalue weighted by Crippen LogP contribution is -2.40. The van der Waals surface area contributed by atoms with E-state index in [4.69, 9.17) is 16.0 Å². The van der Waals surface area contributed by atoms with Crippen LogP contribution in [0.3, 0.4) is 0 Å². The van der Waals surface area contributed by atoms with E-state index in [2.05, 4.69) is 26.5 Å². The molecule has 1 heterocycles. The molecule has 0 unspecified atom stereocenters. The number of furan rings is 1. The number of hydrazone groups is 1. The van der Waals surface area contributed by atoms with E-state index in [0.29, 0.717) is 17.2 Å². The Labute approximate surface area is 299 Å². The first kappa shape index (κ1) is 36.2. The van der Waals surface area contributed by atoms with E-state index in [1.54, 1.807) is 24.3 Å². The van der Waals surface area contributed by atoms with Gasteiger partial charge in [-0.3, -0.25) is 4.79 Å². The summed E-state index contributed by atoms with van der Waals surface area (Å²) in [7, 11) is -7.94. The van der Waals surface area contributed by atoms with E-state index in [9.17, 15) is 21.6 Å². The molecule has 0 aliphatic carbocycles. The Balaban J connectivity index is 1.26. The number of carbonyl (C=O) groups is 1. The van der Waals surface area contributed by atoms with E-state index >= 15 is 0 Å². The van der Waals surface area contributed by atoms with Gasteiger partial charge in [0.2, 0.25) is 20.0 Å². The first-order chi connectivity index (χ1) is 23.5. The largest absolute Gasteiger partial charge is 0.459 e. The van der Waals surface area contributed by atoms with E-state index in [-0.39, 0.29) is 35.2 Å². The summed E-state index contributed by atoms with van der Waals surface area (Å²) in [5.74, 6) is -0.0592. The van der Waals surface area contributed by atoms with Crippen molar-refractivity contribution in [2.45, 2.75) is 29.3 Å². The van der Waals surface area contributed by atoms with Gasteiger partial charge in [0, 0.05) is 22.6 Å². The van der Waals surface area contributed by atoms with Crippen molar-refractivity contribution in [3.05, 3.63) is 153 Å². The predicted octanol–water partition coefficient (Wildman–Crippen LogP) is 6.47. The van der Waals surface area contributed by atoms with Gasteiger partial charge >= 0.3 is 0 Å². The highest BCUT2D eigenvalue weighted by Gasteiger charge is 2.28. The Hall–Kier alpha value is -4.11. The molecule has 4 aromatic carbocycles. The second kappa shape index (κ2) is 16.5. The van der Waals surface area contributed by atoms with Crippen LogP contribution in [-0.2, 0) is 44.4 Å². The second-order valence-electron chi connectivity index (χ2n) is 10.8. The Morgan fingerprint density at radius 1 is 0.735 bits per heavy atom. The summed E-state index contributed by atoms with van der Waals surface area (Å²) in [4.78, 5) is 13.1. The Morgan fingerprint density at radius 3 is 1.94 bits per heavy atom. The highest BCUT2D eigenvalue weighted by Crippen LogP contribution is 2.24. The molecule has 254 valence electrons. The van der Waals surface area contributed by atoms with E-state index in [1.807, 2.05) is 60.7 Å². The standard InChI is InChI=1S/C35H32BrClN4O6S2/c36-29-11-17-33(18-12-29)48(43,44)40(22-21-27-7-3-1-4-8-27)26-35(42)39-38-23-31-15-16-32(47-31)25-41(24-28-9-5-2-6-10-28)49(45,46)34-19-13-30(37)14-20-34/h1-20,23H,21-22,24-26H2,(H,39,42)/b38-23-. The van der Waals surface area contributed by atoms with Crippen LogP contribution < -0.4 is 5.43 Å². The minimum Gasteiger partial charge on any atom is -0.459 e. The molecular formula is C35H32BrClN4O6S2. The summed E-state index contributed by atoms with van der Waals surface area (Å²) in [6.45, 7) is -0.386. The number of halogens is 2. The average molecular weight is 784 g/mol. The predicted molar refractivity (Wildman–Crippen MR) is 192 cm³/mol. The normalized spacial score (nSPS) is 12.2. The number of amides is 1. The van der Waals surface area contributed by atoms with Crippen molar-refractivity contribution in [1.29, 1.82) is 0 Å². The molecule has 0 atom stereocenters. The number of hydrogen-bond donors (Lipinski definition) is 1. The van der Waals surface area contributed by atoms with Crippen LogP contribution in [0.2, 0.25) is 5.02 Å². The van der Waals surface area contributed by atoms with Crippen molar-refractivity contribution in [2.75, 3.05) is 13.1 Å². The molecule has 1 N–H and O–H groups in total. The summed E-state index contributed by atoms with van der Waals surface area (Å²) in [5, 5.41) is 4.37. The lowest BCUT2D eigenvalue weighted by atomic mass is 10.1. The van der Waals surface area contributed by atoms with Crippen molar-refractivity contribution >= 4 is 59.7 Å². The summed E-state index contributed by atoms with van der Waals surface area (Å²) in [6, 6.07) is 33.9. The van der Waals surface area contributed by atoms with Crippen molar-refractivity contribution in [3.63, 3.8) is 0 Å². The third kappa shape index (κ3) is 9.97. The number of sulfonamides is 2. The van der Waals surface area contributed by atoms with Crippen LogP contribution in [0.25, 0.3) is 0 Å². The fourth-order valence-corrected chi connectivity index (χ4v) is 7.97. The molecule has 14 heteroatoms. The number of rotatable bonds is 15. The highest BCUT2D eigenvalue weighted by molar-refractivity contribution is 9.10. The van der Waals surface area contributed by atoms with Crippen LogP contribution in [0.15, 0.2) is 145 Å². The maximum Gasteiger partial charge on any atom is 0.255 e. The molecular weight excluding hydrogens is 752 g/mol. The van der Waals surface area contributed by atoms with Crippen molar-refractivity contribution in [2.24, 2.45) is 5.10 Å². The molecule has 5 aromatic rings. The molecule has 0 spiro atoms. The van der Waals surface area contributed by atoms with Crippen LogP contribution in [-0.4, -0.2) is 50.7 Å². The number of carbonyl (C=O) groups excluding carboxylic acids is 1. The monoisotopic (exact) mass is 782 g/mol. The first-order valence-electron chi connectivity index (χ1n) is 15.0. The van der Waals surface area contributed by atoms with E-state index < -0.39 is 32.5 Å². The molecule has 5 rings (SSSR count). The Bertz CT molecular complexity index is 2100. The SMILES string of the molecule is O=C(CN(CCc1ccccc1)S(=O)(=O)c1ccc(Br)cc1)N/N=C\c1ccc(CN(Cc2ccccc2)S(=O)(=O)c2ccc(Cl)cc2)o1. The molecule has 0 aliphatic rings. The maximum absolute atomic E-state index is 13.6. The van der Waals surface area contributed by atoms with Gasteiger partial charge in [-0.15, -0.1) is 0 Å². The molecule has 0 bridgehead atoms. The molecule has 0 saturated heterocycles. The molecule has 1 amide bonds. The molecule has 1 aromatic heterocycles. The van der Waals surface area contributed by atoms with E-state index in [0.717, 1.165) is 19.9 Å². The quantitative estimate of drug-likeness (QED) is 0.0958. The summed E-state index contributed by atoms with van der Waals surface area (Å²) < 4.78 is 63.2. The zero-order valence-electron chi connectivity index (χ0n) is 26.0. The maximum atomic E-state index is 13.6. The fourth-order valence-electron chi connectivity index (χ4n) is 4.79. The van der Waals surface area contributed by atoms with Gasteiger partial charge in [-0.1, -0.05) is 88.2 Å². The molecule has 0 saturated carbocycles. The minimum atomic E-state index is -4.00. The van der Waals surface area contributed by atoms with E-state index in [1.165, 1.54) is 46.9 Å². The summed E-state index contributed by atoms with van der Waals surface area (Å²) in [5.41, 5.74) is 4.08. The smallest absolute Gasteiger partial charge is 0.255 e. The zero-order chi connectivity index (χ0) is 34.9. The van der Waals surface area contributed by atoms with Crippen LogP contribution in [0, 0.1) is 0 Å². The number of nitrogens with one attached hydrogen (secondary N) is 1. The third-order valence-electron chi connectivity index (χ3n) is 7.31. The summed E-state index contributed by atoms with van der Waals surface area (Å²) in [6.07, 6.45) is 1.66. The first-order valence-corrected chi connectivity index (χ1v) is 19.1. The fraction of sp³-hybridized carbons (Fsp3) is 0.143. The molecule has 49 heavy (non-hydrogen) atoms. The molecule has 0 radical (unpaired) electrons. The van der Waals surface area contributed by atoms with Crippen LogP contribution in [0.5, 0.6) is 0 Å². The average Bonchev–Trinajstić information content (AvgIpc) is 3.54. The topological polar surface area (TPSA) is 129 Å². The van der Waals surface area contributed by atoms with Crippen LogP contribution in [0.1, 0.15) is 22.6 Å². The lowest BCUT2D eigenvalue weighted by Gasteiger charge is -2.21. The van der Waals surface area contributed by atoms with Gasteiger partial charge in [0.1, 0.15) is 11.5 Å². The van der Waals surface area contributed by atoms with Gasteiger partial charge in [0.05, 0.1) is 29.1 Å². The van der Waals surface area contributed by atoms with Gasteiger partial charge in [-0.2, -0.15) is 13.7 Å². The molecule has 0 aliphatic heterocycles. The van der Waals surface area contributed by atoms with Crippen LogP contribution in [0.4, 0.5) is 0 Å². The molecule has 0 fully saturated rings. The van der Waals surface area contributed by atoms with Gasteiger partial charge in [-0.05, 0) is 78.2 Å². The van der Waals surface area contributed by atoms with Gasteiger partial charge in [0.25, 0.3) is 5.91 Å². The highest BCUT2D eigenvalue weighted by atomic mass is 79.9.